The van der Waals surface area contributed by atoms with Crippen LogP contribution in [-0.2, 0) is 0 Å². The van der Waals surface area contributed by atoms with Crippen molar-refractivity contribution in [1.82, 2.24) is 0 Å². The fourth-order valence-corrected chi connectivity index (χ4v) is 1.68. The molecule has 0 amide bonds. The Bertz CT molecular complexity index is 450. The van der Waals surface area contributed by atoms with Crippen LogP contribution in [0.4, 0.5) is 4.39 Å². The topological polar surface area (TPSA) is 0 Å². The monoisotopic (exact) mass is 174 g/mol. The molecule has 2 aromatic rings. The van der Waals surface area contributed by atoms with Crippen molar-refractivity contribution in [3.05, 3.63) is 47.3 Å². The van der Waals surface area contributed by atoms with Crippen LogP contribution in [-0.4, -0.2) is 0 Å². The second-order valence-corrected chi connectivity index (χ2v) is 3.36. The molecule has 0 fully saturated rings. The molecule has 0 atom stereocenters. The van der Waals surface area contributed by atoms with Crippen LogP contribution in [0.2, 0.25) is 0 Å². The van der Waals surface area contributed by atoms with Crippen LogP contribution in [0.25, 0.3) is 10.8 Å². The molecule has 0 bridgehead atoms. The van der Waals surface area contributed by atoms with E-state index in [9.17, 15) is 4.39 Å². The summed E-state index contributed by atoms with van der Waals surface area (Å²) in [6.07, 6.45) is 0. The summed E-state index contributed by atoms with van der Waals surface area (Å²) in [7, 11) is 0. The minimum Gasteiger partial charge on any atom is -0.206 e. The Kier molecular flexibility index (Phi) is 1.80. The molecular formula is C12H11F. The number of fused-ring (bicyclic) bond motifs is 1. The summed E-state index contributed by atoms with van der Waals surface area (Å²) >= 11 is 0. The lowest BCUT2D eigenvalue weighted by Gasteiger charge is -2.05. The zero-order valence-corrected chi connectivity index (χ0v) is 7.76. The van der Waals surface area contributed by atoms with E-state index in [2.05, 4.69) is 0 Å². The van der Waals surface area contributed by atoms with E-state index in [4.69, 9.17) is 0 Å². The van der Waals surface area contributed by atoms with Gasteiger partial charge in [-0.2, -0.15) is 0 Å². The van der Waals surface area contributed by atoms with E-state index in [0.29, 0.717) is 0 Å². The maximum atomic E-state index is 13.4. The maximum absolute atomic E-state index is 13.4. The number of benzene rings is 2. The Morgan fingerprint density at radius 1 is 0.923 bits per heavy atom. The number of halogens is 1. The van der Waals surface area contributed by atoms with Crippen molar-refractivity contribution in [3.8, 4) is 0 Å². The van der Waals surface area contributed by atoms with E-state index in [1.807, 2.05) is 32.0 Å². The largest absolute Gasteiger partial charge is 0.206 e. The quantitative estimate of drug-likeness (QED) is 0.572. The molecule has 0 heterocycles. The van der Waals surface area contributed by atoms with Crippen molar-refractivity contribution in [3.63, 3.8) is 0 Å². The zero-order chi connectivity index (χ0) is 9.42. The highest BCUT2D eigenvalue weighted by Gasteiger charge is 2.04. The third-order valence-corrected chi connectivity index (χ3v) is 2.42. The lowest BCUT2D eigenvalue weighted by molar-refractivity contribution is 0.639. The summed E-state index contributed by atoms with van der Waals surface area (Å²) in [6, 6.07) is 9.21. The molecule has 0 nitrogen and oxygen atoms in total. The highest BCUT2D eigenvalue weighted by atomic mass is 19.1. The van der Waals surface area contributed by atoms with Gasteiger partial charge in [0.2, 0.25) is 0 Å². The molecule has 13 heavy (non-hydrogen) atoms. The molecule has 0 aliphatic heterocycles. The third-order valence-electron chi connectivity index (χ3n) is 2.42. The third kappa shape index (κ3) is 1.21. The molecular weight excluding hydrogens is 163 g/mol. The first-order chi connectivity index (χ1) is 6.20. The Balaban J connectivity index is 3.00. The van der Waals surface area contributed by atoms with Gasteiger partial charge in [0.05, 0.1) is 0 Å². The number of aryl methyl sites for hydroxylation is 2. The van der Waals surface area contributed by atoms with Crippen molar-refractivity contribution >= 4 is 10.8 Å². The van der Waals surface area contributed by atoms with Gasteiger partial charge in [0, 0.05) is 5.39 Å². The van der Waals surface area contributed by atoms with E-state index in [0.717, 1.165) is 21.9 Å². The average Bonchev–Trinajstić information content (AvgIpc) is 2.12. The Labute approximate surface area is 77.0 Å². The van der Waals surface area contributed by atoms with Crippen molar-refractivity contribution in [1.29, 1.82) is 0 Å². The second kappa shape index (κ2) is 2.84. The lowest BCUT2D eigenvalue weighted by Crippen LogP contribution is -1.86. The van der Waals surface area contributed by atoms with Crippen molar-refractivity contribution in [2.24, 2.45) is 0 Å². The molecule has 0 N–H and O–H groups in total. The molecule has 0 unspecified atom stereocenters. The Hall–Kier alpha value is -1.37. The molecule has 0 spiro atoms. The van der Waals surface area contributed by atoms with Crippen LogP contribution in [0.5, 0.6) is 0 Å². The molecule has 1 heteroatoms. The van der Waals surface area contributed by atoms with E-state index >= 15 is 0 Å². The summed E-state index contributed by atoms with van der Waals surface area (Å²) < 4.78 is 13.4. The zero-order valence-electron chi connectivity index (χ0n) is 7.76. The SMILES string of the molecule is Cc1ccc(C)c2c(F)cccc12. The normalized spacial score (nSPS) is 10.7. The van der Waals surface area contributed by atoms with Gasteiger partial charge < -0.3 is 0 Å². The summed E-state index contributed by atoms with van der Waals surface area (Å²) in [5.74, 6) is -0.126. The number of rotatable bonds is 0. The van der Waals surface area contributed by atoms with Crippen LogP contribution in [0.3, 0.4) is 0 Å². The van der Waals surface area contributed by atoms with Gasteiger partial charge in [-0.05, 0) is 36.4 Å². The van der Waals surface area contributed by atoms with E-state index in [-0.39, 0.29) is 5.82 Å². The predicted molar refractivity (Wildman–Crippen MR) is 53.4 cm³/mol. The first kappa shape index (κ1) is 8.24. The highest BCUT2D eigenvalue weighted by Crippen LogP contribution is 2.24. The molecule has 66 valence electrons. The van der Waals surface area contributed by atoms with Gasteiger partial charge in [-0.1, -0.05) is 24.3 Å². The molecule has 0 aliphatic rings. The van der Waals surface area contributed by atoms with Gasteiger partial charge in [0.15, 0.2) is 0 Å². The van der Waals surface area contributed by atoms with Crippen LogP contribution < -0.4 is 0 Å². The minimum absolute atomic E-state index is 0.126. The fraction of sp³-hybridized carbons (Fsp3) is 0.167. The summed E-state index contributed by atoms with van der Waals surface area (Å²) in [4.78, 5) is 0. The van der Waals surface area contributed by atoms with E-state index < -0.39 is 0 Å². The predicted octanol–water partition coefficient (Wildman–Crippen LogP) is 3.60. The molecule has 0 saturated carbocycles. The standard InChI is InChI=1S/C12H11F/c1-8-6-7-9(2)12-10(8)4-3-5-11(12)13/h3-7H,1-2H3. The maximum Gasteiger partial charge on any atom is 0.131 e. The van der Waals surface area contributed by atoms with Crippen LogP contribution in [0.1, 0.15) is 11.1 Å². The molecule has 2 rings (SSSR count). The van der Waals surface area contributed by atoms with Gasteiger partial charge in [-0.25, -0.2) is 4.39 Å². The van der Waals surface area contributed by atoms with Crippen LogP contribution >= 0.6 is 0 Å². The number of hydrogen-bond donors (Lipinski definition) is 0. The van der Waals surface area contributed by atoms with Gasteiger partial charge in [0.25, 0.3) is 0 Å². The molecule has 0 aliphatic carbocycles. The highest BCUT2D eigenvalue weighted by molar-refractivity contribution is 5.88. The van der Waals surface area contributed by atoms with E-state index in [1.165, 1.54) is 6.07 Å². The molecule has 2 aromatic carbocycles. The van der Waals surface area contributed by atoms with Gasteiger partial charge in [0.1, 0.15) is 5.82 Å². The Morgan fingerprint density at radius 3 is 2.31 bits per heavy atom. The average molecular weight is 174 g/mol. The van der Waals surface area contributed by atoms with Gasteiger partial charge in [-0.15, -0.1) is 0 Å². The second-order valence-electron chi connectivity index (χ2n) is 3.36. The molecule has 0 aromatic heterocycles. The van der Waals surface area contributed by atoms with Gasteiger partial charge >= 0.3 is 0 Å². The fourth-order valence-electron chi connectivity index (χ4n) is 1.68. The van der Waals surface area contributed by atoms with E-state index in [1.54, 1.807) is 6.07 Å². The molecule has 0 saturated heterocycles. The van der Waals surface area contributed by atoms with Crippen molar-refractivity contribution < 1.29 is 4.39 Å². The van der Waals surface area contributed by atoms with Crippen molar-refractivity contribution in [2.45, 2.75) is 13.8 Å². The lowest BCUT2D eigenvalue weighted by atomic mass is 10.0. The minimum atomic E-state index is -0.126. The van der Waals surface area contributed by atoms with Gasteiger partial charge in [-0.3, -0.25) is 0 Å². The Morgan fingerprint density at radius 2 is 1.62 bits per heavy atom. The number of hydrogen-bond acceptors (Lipinski definition) is 0. The van der Waals surface area contributed by atoms with Crippen molar-refractivity contribution in [2.75, 3.05) is 0 Å². The first-order valence-corrected chi connectivity index (χ1v) is 4.34. The summed E-state index contributed by atoms with van der Waals surface area (Å²) in [6.45, 7) is 3.94. The molecule has 0 radical (unpaired) electrons. The summed E-state index contributed by atoms with van der Waals surface area (Å²) in [5, 5.41) is 1.77. The summed E-state index contributed by atoms with van der Waals surface area (Å²) in [5.41, 5.74) is 2.12. The smallest absolute Gasteiger partial charge is 0.131 e. The van der Waals surface area contributed by atoms with Crippen LogP contribution in [0.15, 0.2) is 30.3 Å². The first-order valence-electron chi connectivity index (χ1n) is 4.34. The van der Waals surface area contributed by atoms with Crippen LogP contribution in [0, 0.1) is 19.7 Å².